The third-order valence-electron chi connectivity index (χ3n) is 4.00. The van der Waals surface area contributed by atoms with Crippen molar-refractivity contribution in [1.82, 2.24) is 4.90 Å². The number of rotatable bonds is 4. The van der Waals surface area contributed by atoms with E-state index < -0.39 is 5.60 Å². The summed E-state index contributed by atoms with van der Waals surface area (Å²) in [6.45, 7) is 2.82. The highest BCUT2D eigenvalue weighted by molar-refractivity contribution is 5.27. The standard InChI is InChI=1S/C15H23NO2/c1-15(17)10-4-5-14(15)16(2)11-12-6-8-13(18-3)9-7-12/h6-9,14,17H,4-5,10-11H2,1-3H3. The van der Waals surface area contributed by atoms with Crippen molar-refractivity contribution in [1.29, 1.82) is 0 Å². The quantitative estimate of drug-likeness (QED) is 0.889. The van der Waals surface area contributed by atoms with Crippen molar-refractivity contribution in [3.05, 3.63) is 29.8 Å². The highest BCUT2D eigenvalue weighted by Gasteiger charge is 2.38. The van der Waals surface area contributed by atoms with Gasteiger partial charge in [-0.3, -0.25) is 4.90 Å². The molecule has 0 heterocycles. The molecule has 0 aliphatic heterocycles. The maximum absolute atomic E-state index is 10.3. The van der Waals surface area contributed by atoms with Gasteiger partial charge in [-0.1, -0.05) is 12.1 Å². The van der Waals surface area contributed by atoms with Gasteiger partial charge in [0, 0.05) is 12.6 Å². The van der Waals surface area contributed by atoms with E-state index in [-0.39, 0.29) is 6.04 Å². The van der Waals surface area contributed by atoms with Gasteiger partial charge in [-0.25, -0.2) is 0 Å². The molecule has 0 aromatic heterocycles. The summed E-state index contributed by atoms with van der Waals surface area (Å²) < 4.78 is 5.15. The lowest BCUT2D eigenvalue weighted by Crippen LogP contribution is -2.45. The molecule has 1 aromatic rings. The van der Waals surface area contributed by atoms with Crippen LogP contribution >= 0.6 is 0 Å². The Labute approximate surface area is 109 Å². The lowest BCUT2D eigenvalue weighted by Gasteiger charge is -2.33. The molecule has 1 aliphatic carbocycles. The van der Waals surface area contributed by atoms with Crippen LogP contribution in [0.25, 0.3) is 0 Å². The molecule has 1 N–H and O–H groups in total. The molecule has 18 heavy (non-hydrogen) atoms. The summed E-state index contributed by atoms with van der Waals surface area (Å²) in [5.41, 5.74) is 0.710. The van der Waals surface area contributed by atoms with Crippen molar-refractivity contribution in [3.63, 3.8) is 0 Å². The van der Waals surface area contributed by atoms with Crippen LogP contribution in [0.5, 0.6) is 5.75 Å². The molecule has 0 saturated heterocycles. The third-order valence-corrected chi connectivity index (χ3v) is 4.00. The molecule has 100 valence electrons. The Hall–Kier alpha value is -1.06. The number of aliphatic hydroxyl groups is 1. The van der Waals surface area contributed by atoms with Crippen molar-refractivity contribution in [3.8, 4) is 5.75 Å². The van der Waals surface area contributed by atoms with Crippen LogP contribution < -0.4 is 4.74 Å². The maximum Gasteiger partial charge on any atom is 0.118 e. The summed E-state index contributed by atoms with van der Waals surface area (Å²) in [6.07, 6.45) is 3.11. The molecule has 3 nitrogen and oxygen atoms in total. The van der Waals surface area contributed by atoms with E-state index in [1.807, 2.05) is 19.1 Å². The van der Waals surface area contributed by atoms with Crippen molar-refractivity contribution in [2.24, 2.45) is 0 Å². The van der Waals surface area contributed by atoms with Gasteiger partial charge in [-0.15, -0.1) is 0 Å². The zero-order chi connectivity index (χ0) is 13.2. The molecule has 2 rings (SSSR count). The predicted molar refractivity (Wildman–Crippen MR) is 72.7 cm³/mol. The Morgan fingerprint density at radius 1 is 1.39 bits per heavy atom. The Balaban J connectivity index is 2.00. The normalized spacial score (nSPS) is 27.7. The monoisotopic (exact) mass is 249 g/mol. The average molecular weight is 249 g/mol. The first-order valence-electron chi connectivity index (χ1n) is 6.58. The fourth-order valence-corrected chi connectivity index (χ4v) is 2.96. The van der Waals surface area contributed by atoms with E-state index in [0.717, 1.165) is 31.6 Å². The molecule has 0 radical (unpaired) electrons. The zero-order valence-corrected chi connectivity index (χ0v) is 11.5. The third kappa shape index (κ3) is 2.85. The van der Waals surface area contributed by atoms with Crippen LogP contribution in [-0.2, 0) is 6.54 Å². The van der Waals surface area contributed by atoms with Crippen molar-refractivity contribution in [2.75, 3.05) is 14.2 Å². The summed E-state index contributed by atoms with van der Waals surface area (Å²) >= 11 is 0. The highest BCUT2D eigenvalue weighted by Crippen LogP contribution is 2.33. The first-order valence-corrected chi connectivity index (χ1v) is 6.58. The second-order valence-corrected chi connectivity index (χ2v) is 5.53. The number of nitrogens with zero attached hydrogens (tertiary/aromatic N) is 1. The molecule has 3 heteroatoms. The Morgan fingerprint density at radius 3 is 2.56 bits per heavy atom. The minimum absolute atomic E-state index is 0.264. The minimum Gasteiger partial charge on any atom is -0.497 e. The number of ether oxygens (including phenoxy) is 1. The SMILES string of the molecule is COc1ccc(CN(C)C2CCCC2(C)O)cc1. The number of methoxy groups -OCH3 is 1. The van der Waals surface area contributed by atoms with Crippen LogP contribution in [0, 0.1) is 0 Å². The number of benzene rings is 1. The van der Waals surface area contributed by atoms with Crippen LogP contribution in [0.15, 0.2) is 24.3 Å². The predicted octanol–water partition coefficient (Wildman–Crippen LogP) is 2.43. The molecular formula is C15H23NO2. The summed E-state index contributed by atoms with van der Waals surface area (Å²) in [4.78, 5) is 2.26. The second kappa shape index (κ2) is 5.29. The molecular weight excluding hydrogens is 226 g/mol. The Kier molecular flexibility index (Phi) is 3.93. The van der Waals surface area contributed by atoms with Crippen molar-refractivity contribution >= 4 is 0 Å². The van der Waals surface area contributed by atoms with Crippen molar-refractivity contribution < 1.29 is 9.84 Å². The first-order chi connectivity index (χ1) is 8.53. The lowest BCUT2D eigenvalue weighted by atomic mass is 9.99. The minimum atomic E-state index is -0.540. The van der Waals surface area contributed by atoms with Gasteiger partial charge in [0.05, 0.1) is 12.7 Å². The van der Waals surface area contributed by atoms with Crippen LogP contribution in [0.4, 0.5) is 0 Å². The van der Waals surface area contributed by atoms with E-state index in [1.165, 1.54) is 5.56 Å². The van der Waals surface area contributed by atoms with E-state index in [9.17, 15) is 5.11 Å². The second-order valence-electron chi connectivity index (χ2n) is 5.53. The molecule has 1 fully saturated rings. The van der Waals surface area contributed by atoms with Gasteiger partial charge in [0.15, 0.2) is 0 Å². The lowest BCUT2D eigenvalue weighted by molar-refractivity contribution is -0.00660. The Morgan fingerprint density at radius 2 is 2.06 bits per heavy atom. The molecule has 2 unspecified atom stereocenters. The van der Waals surface area contributed by atoms with Gasteiger partial charge >= 0.3 is 0 Å². The molecule has 1 aromatic carbocycles. The van der Waals surface area contributed by atoms with Gasteiger partial charge in [0.2, 0.25) is 0 Å². The first kappa shape index (κ1) is 13.4. The van der Waals surface area contributed by atoms with E-state index in [1.54, 1.807) is 7.11 Å². The maximum atomic E-state index is 10.3. The summed E-state index contributed by atoms with van der Waals surface area (Å²) in [5.74, 6) is 0.884. The van der Waals surface area contributed by atoms with Gasteiger partial charge in [0.1, 0.15) is 5.75 Å². The fraction of sp³-hybridized carbons (Fsp3) is 0.600. The van der Waals surface area contributed by atoms with Crippen molar-refractivity contribution in [2.45, 2.75) is 44.4 Å². The van der Waals surface area contributed by atoms with Gasteiger partial charge in [-0.05, 0) is 50.9 Å². The summed E-state index contributed by atoms with van der Waals surface area (Å²) in [5, 5.41) is 10.3. The van der Waals surface area contributed by atoms with Crippen LogP contribution in [-0.4, -0.2) is 35.8 Å². The van der Waals surface area contributed by atoms with Crippen LogP contribution in [0.2, 0.25) is 0 Å². The zero-order valence-electron chi connectivity index (χ0n) is 11.5. The molecule has 1 saturated carbocycles. The number of hydrogen-bond donors (Lipinski definition) is 1. The highest BCUT2D eigenvalue weighted by atomic mass is 16.5. The topological polar surface area (TPSA) is 32.7 Å². The summed E-state index contributed by atoms with van der Waals surface area (Å²) in [7, 11) is 3.77. The van der Waals surface area contributed by atoms with Gasteiger partial charge < -0.3 is 9.84 Å². The molecule has 0 bridgehead atoms. The van der Waals surface area contributed by atoms with E-state index in [4.69, 9.17) is 4.74 Å². The van der Waals surface area contributed by atoms with Crippen LogP contribution in [0.3, 0.4) is 0 Å². The van der Waals surface area contributed by atoms with E-state index in [2.05, 4.69) is 24.1 Å². The largest absolute Gasteiger partial charge is 0.497 e. The Bertz CT molecular complexity index is 386. The van der Waals surface area contributed by atoms with E-state index in [0.29, 0.717) is 0 Å². The van der Waals surface area contributed by atoms with Gasteiger partial charge in [0.25, 0.3) is 0 Å². The summed E-state index contributed by atoms with van der Waals surface area (Å²) in [6, 6.07) is 8.39. The van der Waals surface area contributed by atoms with Crippen LogP contribution in [0.1, 0.15) is 31.7 Å². The fourth-order valence-electron chi connectivity index (χ4n) is 2.96. The number of hydrogen-bond acceptors (Lipinski definition) is 3. The molecule has 1 aliphatic rings. The molecule has 0 spiro atoms. The molecule has 2 atom stereocenters. The smallest absolute Gasteiger partial charge is 0.118 e. The molecule has 0 amide bonds. The van der Waals surface area contributed by atoms with Gasteiger partial charge in [-0.2, -0.15) is 0 Å². The number of likely N-dealkylation sites (N-methyl/N-ethyl adjacent to an activating group) is 1. The average Bonchev–Trinajstić information content (AvgIpc) is 2.70. The van der Waals surface area contributed by atoms with E-state index >= 15 is 0 Å².